The monoisotopic (exact) mass is 918 g/mol. The Morgan fingerprint density at radius 2 is 0.922 bits per heavy atom. The fourth-order valence-corrected chi connectivity index (χ4v) is 9.65. The molecular formula is C52H68Cl2N2O8. The van der Waals surface area contributed by atoms with Crippen LogP contribution < -0.4 is 43.8 Å². The molecule has 2 heterocycles. The Labute approximate surface area is 393 Å². The number of esters is 2. The Hall–Kier alpha value is -4.74. The van der Waals surface area contributed by atoms with Crippen LogP contribution in [0.5, 0.6) is 23.0 Å². The first-order valence-corrected chi connectivity index (χ1v) is 22.2. The molecule has 0 fully saturated rings. The van der Waals surface area contributed by atoms with E-state index in [1.165, 1.54) is 33.4 Å². The summed E-state index contributed by atoms with van der Waals surface area (Å²) < 4.78 is 35.7. The lowest BCUT2D eigenvalue weighted by molar-refractivity contribution is -0.926. The lowest BCUT2D eigenvalue weighted by Gasteiger charge is -2.43. The van der Waals surface area contributed by atoms with Gasteiger partial charge in [-0.1, -0.05) is 72.8 Å². The average Bonchev–Trinajstić information content (AvgIpc) is 3.27. The van der Waals surface area contributed by atoms with E-state index in [0.717, 1.165) is 96.9 Å². The summed E-state index contributed by atoms with van der Waals surface area (Å²) in [4.78, 5) is 25.2. The van der Waals surface area contributed by atoms with Gasteiger partial charge >= 0.3 is 11.9 Å². The number of quaternary nitrogens is 2. The first-order chi connectivity index (χ1) is 30.0. The minimum Gasteiger partial charge on any atom is -1.00 e. The molecule has 4 atom stereocenters. The Morgan fingerprint density at radius 1 is 0.562 bits per heavy atom. The van der Waals surface area contributed by atoms with Gasteiger partial charge in [-0.05, 0) is 72.2 Å². The Bertz CT molecular complexity index is 1970. The first kappa shape index (κ1) is 51.9. The molecule has 64 heavy (non-hydrogen) atoms. The predicted octanol–water partition coefficient (Wildman–Crippen LogP) is 2.99. The Kier molecular flexibility index (Phi) is 20.3. The highest BCUT2D eigenvalue weighted by atomic mass is 35.5. The topological polar surface area (TPSA) is 89.5 Å². The first-order valence-electron chi connectivity index (χ1n) is 22.2. The van der Waals surface area contributed by atoms with Crippen LogP contribution >= 0.6 is 0 Å². The van der Waals surface area contributed by atoms with E-state index in [9.17, 15) is 9.59 Å². The molecule has 0 amide bonds. The van der Waals surface area contributed by atoms with E-state index in [0.29, 0.717) is 50.7 Å². The number of carbonyl (C=O) groups excluding carboxylic acids is 2. The van der Waals surface area contributed by atoms with Crippen LogP contribution in [0.15, 0.2) is 97.1 Å². The van der Waals surface area contributed by atoms with Gasteiger partial charge in [0.05, 0.1) is 81.9 Å². The Balaban J connectivity index is 0.00000449. The molecule has 6 rings (SSSR count). The van der Waals surface area contributed by atoms with Gasteiger partial charge in [0.1, 0.15) is 13.1 Å². The summed E-state index contributed by atoms with van der Waals surface area (Å²) in [6.45, 7) is 6.32. The van der Waals surface area contributed by atoms with Crippen LogP contribution in [-0.4, -0.2) is 103 Å². The fraction of sp³-hybridized carbons (Fsp3) is 0.462. The van der Waals surface area contributed by atoms with Gasteiger partial charge in [0, 0.05) is 48.6 Å². The SMILES string of the molecule is COc1cc2c(cc1OC)C(Cc1ccccc1)C[N+](C)(CCCOC(=O)CC/C=C/CCC(=O)OCCC[N+]1(C)Cc3cc(OC)c(OC)cc3C(Cc3ccccc3)C1)C2.[Cl-].[Cl-]. The molecule has 2 aliphatic heterocycles. The summed E-state index contributed by atoms with van der Waals surface area (Å²) in [5.41, 5.74) is 7.83. The summed E-state index contributed by atoms with van der Waals surface area (Å²) >= 11 is 0. The molecule has 0 radical (unpaired) electrons. The third-order valence-electron chi connectivity index (χ3n) is 12.7. The molecule has 4 unspecified atom stereocenters. The van der Waals surface area contributed by atoms with Crippen molar-refractivity contribution in [3.05, 3.63) is 130 Å². The molecule has 0 saturated heterocycles. The normalized spacial score (nSPS) is 19.8. The zero-order chi connectivity index (χ0) is 44.0. The number of likely N-dealkylation sites (N-methyl/N-ethyl adjacent to an activating group) is 2. The number of hydrogen-bond acceptors (Lipinski definition) is 8. The van der Waals surface area contributed by atoms with Crippen molar-refractivity contribution in [3.63, 3.8) is 0 Å². The molecule has 0 aromatic heterocycles. The van der Waals surface area contributed by atoms with Gasteiger partial charge in [-0.2, -0.15) is 0 Å². The van der Waals surface area contributed by atoms with Crippen LogP contribution in [0.25, 0.3) is 0 Å². The number of carbonyl (C=O) groups is 2. The van der Waals surface area contributed by atoms with E-state index in [4.69, 9.17) is 28.4 Å². The molecule has 4 aromatic carbocycles. The summed E-state index contributed by atoms with van der Waals surface area (Å²) in [6, 6.07) is 29.9. The zero-order valence-corrected chi connectivity index (χ0v) is 40.1. The van der Waals surface area contributed by atoms with Crippen LogP contribution in [-0.2, 0) is 45.0 Å². The summed E-state index contributed by atoms with van der Waals surface area (Å²) in [5, 5.41) is 0. The minimum atomic E-state index is -0.196. The molecular weight excluding hydrogens is 851 g/mol. The van der Waals surface area contributed by atoms with E-state index in [-0.39, 0.29) is 36.8 Å². The number of methoxy groups -OCH3 is 4. The molecule has 0 spiro atoms. The van der Waals surface area contributed by atoms with Gasteiger partial charge in [-0.3, -0.25) is 9.59 Å². The number of allylic oxidation sites excluding steroid dienone is 2. The van der Waals surface area contributed by atoms with Crippen LogP contribution in [0, 0.1) is 0 Å². The number of ether oxygens (including phenoxy) is 6. The molecule has 0 bridgehead atoms. The van der Waals surface area contributed by atoms with Gasteiger partial charge in [0.25, 0.3) is 0 Å². The maximum Gasteiger partial charge on any atom is 0.306 e. The number of rotatable bonds is 22. The third kappa shape index (κ3) is 14.4. The lowest BCUT2D eigenvalue weighted by atomic mass is 9.83. The number of halogens is 2. The number of benzene rings is 4. The standard InChI is InChI=1S/C52H68N2O8.2ClH/c1-53(35-41(29-39-19-11-9-12-20-39)45-33-49(59-5)47(57-3)31-43(45)37-53)25-17-27-61-51(55)23-15-7-8-16-24-52(56)62-28-18-26-54(2)36-42(30-40-21-13-10-14-22-40)46-34-50(60-6)48(58-4)32-44(46)38-54;;/h7-14,19-22,31-34,41-42H,15-18,23-30,35-38H2,1-6H3;2*1H/q+2;;/p-2/b8-7+;;. The van der Waals surface area contributed by atoms with Gasteiger partial charge in [0.15, 0.2) is 23.0 Å². The van der Waals surface area contributed by atoms with Crippen molar-refractivity contribution in [1.29, 1.82) is 0 Å². The van der Waals surface area contributed by atoms with E-state index >= 15 is 0 Å². The minimum absolute atomic E-state index is 0. The van der Waals surface area contributed by atoms with Gasteiger partial charge in [-0.15, -0.1) is 0 Å². The molecule has 4 aromatic rings. The highest BCUT2D eigenvalue weighted by Crippen LogP contribution is 2.42. The fourth-order valence-electron chi connectivity index (χ4n) is 9.65. The highest BCUT2D eigenvalue weighted by molar-refractivity contribution is 5.70. The third-order valence-corrected chi connectivity index (χ3v) is 12.7. The van der Waals surface area contributed by atoms with E-state index in [2.05, 4.69) is 99.0 Å². The Morgan fingerprint density at radius 3 is 1.28 bits per heavy atom. The predicted molar refractivity (Wildman–Crippen MR) is 243 cm³/mol. The van der Waals surface area contributed by atoms with E-state index in [1.807, 2.05) is 12.2 Å². The van der Waals surface area contributed by atoms with Gasteiger partial charge in [0.2, 0.25) is 0 Å². The van der Waals surface area contributed by atoms with Gasteiger partial charge in [-0.25, -0.2) is 0 Å². The number of nitrogens with zero attached hydrogens (tertiary/aromatic N) is 2. The molecule has 2 aliphatic rings. The smallest absolute Gasteiger partial charge is 0.306 e. The van der Waals surface area contributed by atoms with Crippen LogP contribution in [0.3, 0.4) is 0 Å². The number of hydrogen-bond donors (Lipinski definition) is 0. The second-order valence-corrected chi connectivity index (χ2v) is 17.6. The van der Waals surface area contributed by atoms with E-state index in [1.54, 1.807) is 28.4 Å². The van der Waals surface area contributed by atoms with Crippen molar-refractivity contribution in [2.45, 2.75) is 76.3 Å². The highest BCUT2D eigenvalue weighted by Gasteiger charge is 2.37. The molecule has 0 saturated carbocycles. The molecule has 348 valence electrons. The largest absolute Gasteiger partial charge is 1.00 e. The van der Waals surface area contributed by atoms with Crippen molar-refractivity contribution < 1.29 is 71.8 Å². The van der Waals surface area contributed by atoms with Crippen molar-refractivity contribution in [2.24, 2.45) is 0 Å². The maximum absolute atomic E-state index is 12.6. The van der Waals surface area contributed by atoms with Crippen LogP contribution in [0.1, 0.15) is 83.7 Å². The zero-order valence-electron chi connectivity index (χ0n) is 38.6. The molecule has 12 heteroatoms. The van der Waals surface area contributed by atoms with Crippen molar-refractivity contribution in [1.82, 2.24) is 0 Å². The average molecular weight is 920 g/mol. The lowest BCUT2D eigenvalue weighted by Crippen LogP contribution is -3.00. The van der Waals surface area contributed by atoms with Crippen molar-refractivity contribution >= 4 is 11.9 Å². The van der Waals surface area contributed by atoms with Crippen molar-refractivity contribution in [2.75, 3.05) is 81.9 Å². The van der Waals surface area contributed by atoms with Crippen LogP contribution in [0.4, 0.5) is 0 Å². The second kappa shape index (κ2) is 25.1. The maximum atomic E-state index is 12.6. The molecule has 0 N–H and O–H groups in total. The molecule has 10 nitrogen and oxygen atoms in total. The summed E-state index contributed by atoms with van der Waals surface area (Å²) in [6.07, 6.45) is 9.16. The second-order valence-electron chi connectivity index (χ2n) is 17.6. The van der Waals surface area contributed by atoms with E-state index < -0.39 is 0 Å². The van der Waals surface area contributed by atoms with Crippen molar-refractivity contribution in [3.8, 4) is 23.0 Å². The molecule has 0 aliphatic carbocycles. The van der Waals surface area contributed by atoms with Gasteiger partial charge < -0.3 is 62.2 Å². The van der Waals surface area contributed by atoms with Crippen LogP contribution in [0.2, 0.25) is 0 Å². The summed E-state index contributed by atoms with van der Waals surface area (Å²) in [5.74, 6) is 3.29. The number of fused-ring (bicyclic) bond motifs is 2. The summed E-state index contributed by atoms with van der Waals surface area (Å²) in [7, 11) is 11.3. The quantitative estimate of drug-likeness (QED) is 0.0516.